The highest BCUT2D eigenvalue weighted by molar-refractivity contribution is 5.69. The molecule has 1 aliphatic heterocycles. The van der Waals surface area contributed by atoms with Crippen LogP contribution in [0.5, 0.6) is 0 Å². The van der Waals surface area contributed by atoms with Gasteiger partial charge in [-0.25, -0.2) is 0 Å². The van der Waals surface area contributed by atoms with Crippen molar-refractivity contribution < 1.29 is 4.79 Å². The molecule has 0 atom stereocenters. The van der Waals surface area contributed by atoms with Gasteiger partial charge in [0.1, 0.15) is 0 Å². The number of carbonyl (C=O) groups is 1. The van der Waals surface area contributed by atoms with Crippen molar-refractivity contribution >= 4 is 12.0 Å². The van der Waals surface area contributed by atoms with Gasteiger partial charge in [0, 0.05) is 24.5 Å². The Morgan fingerprint density at radius 3 is 2.73 bits per heavy atom. The minimum Gasteiger partial charge on any atom is -0.366 e. The van der Waals surface area contributed by atoms with E-state index < -0.39 is 0 Å². The predicted molar refractivity (Wildman–Crippen MR) is 59.5 cm³/mol. The van der Waals surface area contributed by atoms with E-state index in [9.17, 15) is 4.79 Å². The number of nitrogens with one attached hydrogen (secondary N) is 2. The van der Waals surface area contributed by atoms with Crippen molar-refractivity contribution in [3.63, 3.8) is 0 Å². The summed E-state index contributed by atoms with van der Waals surface area (Å²) in [7, 11) is 0. The maximum absolute atomic E-state index is 10.3. The Bertz CT molecular complexity index is 407. The van der Waals surface area contributed by atoms with Crippen LogP contribution in [0.25, 0.3) is 5.57 Å². The monoisotopic (exact) mass is 200 g/mol. The normalized spacial score (nSPS) is 14.7. The third kappa shape index (κ3) is 2.26. The molecule has 1 aromatic carbocycles. The third-order valence-electron chi connectivity index (χ3n) is 2.28. The first-order valence-corrected chi connectivity index (χ1v) is 4.80. The summed E-state index contributed by atoms with van der Waals surface area (Å²) >= 11 is 0. The summed E-state index contributed by atoms with van der Waals surface area (Å²) in [5.74, 6) is 0. The van der Waals surface area contributed by atoms with E-state index in [0.29, 0.717) is 6.41 Å². The number of hydrogen-bond donors (Lipinski definition) is 2. The maximum atomic E-state index is 10.3. The molecule has 1 aromatic rings. The zero-order chi connectivity index (χ0) is 10.5. The van der Waals surface area contributed by atoms with E-state index in [1.54, 1.807) is 6.20 Å². The van der Waals surface area contributed by atoms with Crippen molar-refractivity contribution in [1.82, 2.24) is 10.6 Å². The molecule has 1 amide bonds. The van der Waals surface area contributed by atoms with Crippen molar-refractivity contribution in [2.75, 3.05) is 0 Å². The van der Waals surface area contributed by atoms with Crippen molar-refractivity contribution in [2.45, 2.75) is 6.42 Å². The van der Waals surface area contributed by atoms with Gasteiger partial charge in [-0.3, -0.25) is 4.79 Å². The standard InChI is InChI=1S/C12H12N2O/c15-9-14-12-6-11(7-13-8-12)10-4-2-1-3-5-10/h1-5,7-9,13H,6H2,(H,14,15). The van der Waals surface area contributed by atoms with Crippen LogP contribution in [-0.4, -0.2) is 6.41 Å². The Labute approximate surface area is 88.5 Å². The minimum atomic E-state index is 0.696. The summed E-state index contributed by atoms with van der Waals surface area (Å²) in [5.41, 5.74) is 3.22. The molecule has 1 heterocycles. The maximum Gasteiger partial charge on any atom is 0.211 e. The molecule has 0 saturated heterocycles. The molecule has 15 heavy (non-hydrogen) atoms. The summed E-state index contributed by atoms with van der Waals surface area (Å²) in [5, 5.41) is 5.68. The second-order valence-electron chi connectivity index (χ2n) is 3.31. The molecule has 0 saturated carbocycles. The number of dihydropyridines is 1. The first-order chi connectivity index (χ1) is 7.40. The molecule has 1 aliphatic rings. The number of amides is 1. The first kappa shape index (κ1) is 9.52. The van der Waals surface area contributed by atoms with Crippen LogP contribution in [0.15, 0.2) is 48.4 Å². The van der Waals surface area contributed by atoms with E-state index in [0.717, 1.165) is 12.1 Å². The third-order valence-corrected chi connectivity index (χ3v) is 2.28. The number of rotatable bonds is 3. The highest BCUT2D eigenvalue weighted by atomic mass is 16.1. The molecule has 0 bridgehead atoms. The molecule has 0 spiro atoms. The van der Waals surface area contributed by atoms with E-state index in [1.807, 2.05) is 24.4 Å². The van der Waals surface area contributed by atoms with Gasteiger partial charge in [-0.05, 0) is 11.1 Å². The van der Waals surface area contributed by atoms with Crippen LogP contribution in [0.4, 0.5) is 0 Å². The fourth-order valence-corrected chi connectivity index (χ4v) is 1.56. The summed E-state index contributed by atoms with van der Waals surface area (Å²) < 4.78 is 0. The van der Waals surface area contributed by atoms with Gasteiger partial charge in [0.15, 0.2) is 0 Å². The first-order valence-electron chi connectivity index (χ1n) is 4.80. The second kappa shape index (κ2) is 4.46. The van der Waals surface area contributed by atoms with Crippen molar-refractivity contribution in [2.24, 2.45) is 0 Å². The number of carbonyl (C=O) groups excluding carboxylic acids is 1. The molecule has 3 heteroatoms. The lowest BCUT2D eigenvalue weighted by Crippen LogP contribution is -2.17. The molecule has 0 fully saturated rings. The van der Waals surface area contributed by atoms with E-state index in [2.05, 4.69) is 22.8 Å². The molecule has 0 unspecified atom stereocenters. The Balaban J connectivity index is 2.13. The number of allylic oxidation sites excluding steroid dienone is 1. The molecule has 0 aromatic heterocycles. The van der Waals surface area contributed by atoms with Crippen LogP contribution in [0, 0.1) is 0 Å². The van der Waals surface area contributed by atoms with E-state index >= 15 is 0 Å². The van der Waals surface area contributed by atoms with Gasteiger partial charge < -0.3 is 10.6 Å². The summed E-state index contributed by atoms with van der Waals surface area (Å²) in [6, 6.07) is 10.1. The average Bonchev–Trinajstić information content (AvgIpc) is 2.31. The Morgan fingerprint density at radius 2 is 2.00 bits per heavy atom. The Hall–Kier alpha value is -2.03. The molecule has 2 rings (SSSR count). The van der Waals surface area contributed by atoms with Crippen LogP contribution in [0.2, 0.25) is 0 Å². The van der Waals surface area contributed by atoms with Crippen LogP contribution in [-0.2, 0) is 4.79 Å². The van der Waals surface area contributed by atoms with Crippen LogP contribution < -0.4 is 10.6 Å². The molecule has 76 valence electrons. The van der Waals surface area contributed by atoms with Gasteiger partial charge in [-0.15, -0.1) is 0 Å². The fraction of sp³-hybridized carbons (Fsp3) is 0.0833. The minimum absolute atomic E-state index is 0.696. The molecule has 3 nitrogen and oxygen atoms in total. The molecular weight excluding hydrogens is 188 g/mol. The Morgan fingerprint density at radius 1 is 1.20 bits per heavy atom. The van der Waals surface area contributed by atoms with E-state index in [-0.39, 0.29) is 0 Å². The Kier molecular flexibility index (Phi) is 2.83. The largest absolute Gasteiger partial charge is 0.366 e. The van der Waals surface area contributed by atoms with Gasteiger partial charge in [-0.1, -0.05) is 30.3 Å². The molecule has 0 aliphatic carbocycles. The molecule has 0 radical (unpaired) electrons. The van der Waals surface area contributed by atoms with Crippen LogP contribution in [0.1, 0.15) is 12.0 Å². The lowest BCUT2D eigenvalue weighted by molar-refractivity contribution is -0.108. The van der Waals surface area contributed by atoms with E-state index in [4.69, 9.17) is 0 Å². The second-order valence-corrected chi connectivity index (χ2v) is 3.31. The summed E-state index contributed by atoms with van der Waals surface area (Å²) in [6.45, 7) is 0. The fourth-order valence-electron chi connectivity index (χ4n) is 1.56. The topological polar surface area (TPSA) is 41.1 Å². The summed E-state index contributed by atoms with van der Waals surface area (Å²) in [6.07, 6.45) is 5.18. The van der Waals surface area contributed by atoms with Crippen molar-refractivity contribution in [3.05, 3.63) is 54.0 Å². The molecule has 2 N–H and O–H groups in total. The van der Waals surface area contributed by atoms with Crippen molar-refractivity contribution in [3.8, 4) is 0 Å². The van der Waals surface area contributed by atoms with Gasteiger partial charge in [0.05, 0.1) is 0 Å². The highest BCUT2D eigenvalue weighted by Crippen LogP contribution is 2.22. The van der Waals surface area contributed by atoms with Gasteiger partial charge in [-0.2, -0.15) is 0 Å². The SMILES string of the molecule is O=CNC1=CNC=C(c2ccccc2)C1. The predicted octanol–water partition coefficient (Wildman–Crippen LogP) is 1.61. The highest BCUT2D eigenvalue weighted by Gasteiger charge is 2.07. The smallest absolute Gasteiger partial charge is 0.211 e. The zero-order valence-corrected chi connectivity index (χ0v) is 8.23. The van der Waals surface area contributed by atoms with Crippen LogP contribution in [0.3, 0.4) is 0 Å². The van der Waals surface area contributed by atoms with Gasteiger partial charge >= 0.3 is 0 Å². The van der Waals surface area contributed by atoms with Crippen molar-refractivity contribution in [1.29, 1.82) is 0 Å². The average molecular weight is 200 g/mol. The number of hydrogen-bond acceptors (Lipinski definition) is 2. The lowest BCUT2D eigenvalue weighted by Gasteiger charge is -2.15. The quantitative estimate of drug-likeness (QED) is 0.728. The summed E-state index contributed by atoms with van der Waals surface area (Å²) in [4.78, 5) is 10.3. The zero-order valence-electron chi connectivity index (χ0n) is 8.23. The van der Waals surface area contributed by atoms with Crippen LogP contribution >= 0.6 is 0 Å². The molecular formula is C12H12N2O. The van der Waals surface area contributed by atoms with Gasteiger partial charge in [0.25, 0.3) is 0 Å². The van der Waals surface area contributed by atoms with Gasteiger partial charge in [0.2, 0.25) is 6.41 Å². The number of benzene rings is 1. The lowest BCUT2D eigenvalue weighted by atomic mass is 10.0. The van der Waals surface area contributed by atoms with E-state index in [1.165, 1.54) is 11.1 Å².